The van der Waals surface area contributed by atoms with E-state index < -0.39 is 0 Å². The summed E-state index contributed by atoms with van der Waals surface area (Å²) in [5.74, 6) is 1.28. The fourth-order valence-corrected chi connectivity index (χ4v) is 3.13. The highest BCUT2D eigenvalue weighted by atomic mass is 16.2. The van der Waals surface area contributed by atoms with Crippen LogP contribution < -0.4 is 9.80 Å². The molecule has 28 heavy (non-hydrogen) atoms. The molecule has 3 heterocycles. The molecule has 1 amide bonds. The Morgan fingerprint density at radius 2 is 1.61 bits per heavy atom. The van der Waals surface area contributed by atoms with Gasteiger partial charge in [0.25, 0.3) is 5.91 Å². The Hall–Kier alpha value is -3.55. The molecule has 8 nitrogen and oxygen atoms in total. The molecule has 1 aliphatic rings. The van der Waals surface area contributed by atoms with Crippen LogP contribution >= 0.6 is 0 Å². The van der Waals surface area contributed by atoms with Crippen LogP contribution in [0.5, 0.6) is 0 Å². The van der Waals surface area contributed by atoms with Gasteiger partial charge in [-0.3, -0.25) is 4.79 Å². The number of rotatable bonds is 4. The molecule has 1 aliphatic heterocycles. The average molecular weight is 375 g/mol. The Labute approximate surface area is 163 Å². The van der Waals surface area contributed by atoms with Gasteiger partial charge < -0.3 is 14.7 Å². The maximum atomic E-state index is 12.8. The van der Waals surface area contributed by atoms with Crippen LogP contribution in [0.25, 0.3) is 0 Å². The van der Waals surface area contributed by atoms with Gasteiger partial charge in [0.2, 0.25) is 5.95 Å². The highest BCUT2D eigenvalue weighted by Gasteiger charge is 2.24. The number of hydrogen-bond acceptors (Lipinski definition) is 7. The van der Waals surface area contributed by atoms with Crippen molar-refractivity contribution in [3.63, 3.8) is 0 Å². The molecule has 3 aromatic rings. The smallest absolute Gasteiger partial charge is 0.274 e. The third-order valence-electron chi connectivity index (χ3n) is 4.76. The van der Waals surface area contributed by atoms with Crippen molar-refractivity contribution >= 4 is 23.4 Å². The standard InChI is InChI=1S/C20H21N7O/c1-25(16-6-3-2-4-7-16)18-9-8-17(23-24-18)19(28)26-12-14-27(15-13-26)20-21-10-5-11-22-20/h2-11H,12-15H2,1H3. The van der Waals surface area contributed by atoms with Crippen LogP contribution in [-0.4, -0.2) is 64.2 Å². The van der Waals surface area contributed by atoms with Crippen molar-refractivity contribution in [2.75, 3.05) is 43.0 Å². The van der Waals surface area contributed by atoms with Crippen LogP contribution in [0.1, 0.15) is 10.5 Å². The summed E-state index contributed by atoms with van der Waals surface area (Å²) in [6, 6.07) is 15.2. The van der Waals surface area contributed by atoms with Crippen molar-refractivity contribution in [2.24, 2.45) is 0 Å². The van der Waals surface area contributed by atoms with Crippen molar-refractivity contribution < 1.29 is 4.79 Å². The number of carbonyl (C=O) groups excluding carboxylic acids is 1. The summed E-state index contributed by atoms with van der Waals surface area (Å²) < 4.78 is 0. The van der Waals surface area contributed by atoms with Crippen LogP contribution in [0.15, 0.2) is 60.9 Å². The maximum absolute atomic E-state index is 12.8. The first-order valence-electron chi connectivity index (χ1n) is 9.16. The summed E-state index contributed by atoms with van der Waals surface area (Å²) in [7, 11) is 1.92. The molecule has 1 aromatic carbocycles. The van der Waals surface area contributed by atoms with E-state index in [4.69, 9.17) is 0 Å². The van der Waals surface area contributed by atoms with Gasteiger partial charge in [0, 0.05) is 51.3 Å². The summed E-state index contributed by atoms with van der Waals surface area (Å²) in [5.41, 5.74) is 1.37. The number of aromatic nitrogens is 4. The predicted octanol–water partition coefficient (Wildman–Crippen LogP) is 2.00. The van der Waals surface area contributed by atoms with E-state index in [1.165, 1.54) is 0 Å². The van der Waals surface area contributed by atoms with Crippen molar-refractivity contribution in [3.05, 3.63) is 66.6 Å². The molecule has 142 valence electrons. The van der Waals surface area contributed by atoms with E-state index in [0.717, 1.165) is 5.69 Å². The van der Waals surface area contributed by atoms with Crippen molar-refractivity contribution in [1.29, 1.82) is 0 Å². The fraction of sp³-hybridized carbons (Fsp3) is 0.250. The molecule has 0 radical (unpaired) electrons. The minimum atomic E-state index is -0.102. The molecule has 0 spiro atoms. The van der Waals surface area contributed by atoms with Gasteiger partial charge in [-0.2, -0.15) is 0 Å². The quantitative estimate of drug-likeness (QED) is 0.690. The SMILES string of the molecule is CN(c1ccccc1)c1ccc(C(=O)N2CCN(c3ncccn3)CC2)nn1. The van der Waals surface area contributed by atoms with Gasteiger partial charge in [-0.15, -0.1) is 10.2 Å². The molecular formula is C20H21N7O. The summed E-state index contributed by atoms with van der Waals surface area (Å²) in [6.07, 6.45) is 3.45. The molecule has 4 rings (SSSR count). The summed E-state index contributed by atoms with van der Waals surface area (Å²) in [6.45, 7) is 2.59. The highest BCUT2D eigenvalue weighted by molar-refractivity contribution is 5.92. The molecule has 2 aromatic heterocycles. The van der Waals surface area contributed by atoms with Gasteiger partial charge in [0.1, 0.15) is 0 Å². The van der Waals surface area contributed by atoms with E-state index in [1.54, 1.807) is 29.4 Å². The number of nitrogens with zero attached hydrogens (tertiary/aromatic N) is 7. The van der Waals surface area contributed by atoms with Gasteiger partial charge >= 0.3 is 0 Å². The zero-order chi connectivity index (χ0) is 19.3. The van der Waals surface area contributed by atoms with E-state index in [2.05, 4.69) is 25.1 Å². The molecular weight excluding hydrogens is 354 g/mol. The molecule has 0 saturated carbocycles. The zero-order valence-corrected chi connectivity index (χ0v) is 15.6. The van der Waals surface area contributed by atoms with Gasteiger partial charge in [0.05, 0.1) is 0 Å². The molecule has 0 N–H and O–H groups in total. The summed E-state index contributed by atoms with van der Waals surface area (Å²) in [4.78, 5) is 27.1. The van der Waals surface area contributed by atoms with Crippen molar-refractivity contribution in [1.82, 2.24) is 25.1 Å². The van der Waals surface area contributed by atoms with Gasteiger partial charge in [-0.25, -0.2) is 9.97 Å². The largest absolute Gasteiger partial charge is 0.337 e. The number of carbonyl (C=O) groups is 1. The highest BCUT2D eigenvalue weighted by Crippen LogP contribution is 2.20. The monoisotopic (exact) mass is 375 g/mol. The Kier molecular flexibility index (Phi) is 5.09. The number of anilines is 3. The molecule has 8 heteroatoms. The Bertz CT molecular complexity index is 910. The topological polar surface area (TPSA) is 78.4 Å². The van der Waals surface area contributed by atoms with Crippen LogP contribution in [0.3, 0.4) is 0 Å². The summed E-state index contributed by atoms with van der Waals surface area (Å²) in [5, 5.41) is 8.39. The fourth-order valence-electron chi connectivity index (χ4n) is 3.13. The van der Waals surface area contributed by atoms with E-state index >= 15 is 0 Å². The van der Waals surface area contributed by atoms with Gasteiger partial charge in [0.15, 0.2) is 11.5 Å². The minimum Gasteiger partial charge on any atom is -0.337 e. The second kappa shape index (κ2) is 7.99. The average Bonchev–Trinajstić information content (AvgIpc) is 2.79. The third kappa shape index (κ3) is 3.75. The minimum absolute atomic E-state index is 0.102. The number of para-hydroxylation sites is 1. The predicted molar refractivity (Wildman–Crippen MR) is 107 cm³/mol. The lowest BCUT2D eigenvalue weighted by molar-refractivity contribution is 0.0739. The number of amides is 1. The third-order valence-corrected chi connectivity index (χ3v) is 4.76. The van der Waals surface area contributed by atoms with Gasteiger partial charge in [-0.1, -0.05) is 18.2 Å². The molecule has 1 saturated heterocycles. The number of hydrogen-bond donors (Lipinski definition) is 0. The molecule has 0 atom stereocenters. The first kappa shape index (κ1) is 17.8. The first-order valence-corrected chi connectivity index (χ1v) is 9.16. The van der Waals surface area contributed by atoms with E-state index in [9.17, 15) is 4.79 Å². The second-order valence-corrected chi connectivity index (χ2v) is 6.50. The molecule has 0 unspecified atom stereocenters. The van der Waals surface area contributed by atoms with E-state index in [0.29, 0.717) is 43.6 Å². The van der Waals surface area contributed by atoms with E-state index in [1.807, 2.05) is 48.3 Å². The Morgan fingerprint density at radius 3 is 2.25 bits per heavy atom. The van der Waals surface area contributed by atoms with Crippen LogP contribution in [0.4, 0.5) is 17.5 Å². The molecule has 0 bridgehead atoms. The Balaban J connectivity index is 1.39. The maximum Gasteiger partial charge on any atom is 0.274 e. The lowest BCUT2D eigenvalue weighted by Gasteiger charge is -2.34. The van der Waals surface area contributed by atoms with Crippen molar-refractivity contribution in [3.8, 4) is 0 Å². The number of benzene rings is 1. The van der Waals surface area contributed by atoms with Gasteiger partial charge in [-0.05, 0) is 30.3 Å². The lowest BCUT2D eigenvalue weighted by atomic mass is 10.2. The summed E-state index contributed by atoms with van der Waals surface area (Å²) >= 11 is 0. The zero-order valence-electron chi connectivity index (χ0n) is 15.6. The van der Waals surface area contributed by atoms with Crippen molar-refractivity contribution in [2.45, 2.75) is 0 Å². The second-order valence-electron chi connectivity index (χ2n) is 6.50. The van der Waals surface area contributed by atoms with E-state index in [-0.39, 0.29) is 5.91 Å². The van der Waals surface area contributed by atoms with Crippen LogP contribution in [0, 0.1) is 0 Å². The van der Waals surface area contributed by atoms with Crippen LogP contribution in [0.2, 0.25) is 0 Å². The number of piperazine rings is 1. The molecule has 0 aliphatic carbocycles. The normalized spacial score (nSPS) is 14.0. The van der Waals surface area contributed by atoms with Crippen LogP contribution in [-0.2, 0) is 0 Å². The Morgan fingerprint density at radius 1 is 0.893 bits per heavy atom. The lowest BCUT2D eigenvalue weighted by Crippen LogP contribution is -2.49. The first-order chi connectivity index (χ1) is 13.7. The molecule has 1 fully saturated rings.